The lowest BCUT2D eigenvalue weighted by atomic mass is 9.95. The lowest BCUT2D eigenvalue weighted by Crippen LogP contribution is -2.33. The molecular weight excluding hydrogens is 639 g/mol. The summed E-state index contributed by atoms with van der Waals surface area (Å²) in [7, 11) is 0. The molecule has 1 N–H and O–H groups in total. The lowest BCUT2D eigenvalue weighted by Gasteiger charge is -2.25. The Kier molecular flexibility index (Phi) is 6.25. The van der Waals surface area contributed by atoms with E-state index in [1.54, 1.807) is 0 Å². The smallest absolute Gasteiger partial charge is 0.160 e. The van der Waals surface area contributed by atoms with E-state index in [2.05, 4.69) is 127 Å². The lowest BCUT2D eigenvalue weighted by molar-refractivity contribution is 0.668. The van der Waals surface area contributed by atoms with Crippen LogP contribution in [0.1, 0.15) is 22.9 Å². The SMILES string of the molecule is c1ccc(C2=NC(c3cc(-c4ccc5oc6ccccc6c5c4)cc4oc5ccccc5c34)=NC(c3cc4ccccc4c4ccccc34)N2)cc1. The van der Waals surface area contributed by atoms with Crippen molar-refractivity contribution in [2.75, 3.05) is 0 Å². The second kappa shape index (κ2) is 11.3. The normalized spacial score (nSPS) is 14.7. The molecule has 0 radical (unpaired) electrons. The zero-order valence-electron chi connectivity index (χ0n) is 27.9. The van der Waals surface area contributed by atoms with Crippen molar-refractivity contribution in [1.82, 2.24) is 5.32 Å². The molecule has 52 heavy (non-hydrogen) atoms. The summed E-state index contributed by atoms with van der Waals surface area (Å²) in [6.07, 6.45) is -0.400. The number of furan rings is 2. The Labute approximate surface area is 298 Å². The molecular formula is C47H29N3O2. The third-order valence-corrected chi connectivity index (χ3v) is 10.3. The van der Waals surface area contributed by atoms with Crippen LogP contribution in [0.2, 0.25) is 0 Å². The molecule has 0 fully saturated rings. The Bertz CT molecular complexity index is 3110. The topological polar surface area (TPSA) is 63.0 Å². The van der Waals surface area contributed by atoms with Gasteiger partial charge in [0.05, 0.1) is 0 Å². The van der Waals surface area contributed by atoms with E-state index in [4.69, 9.17) is 18.8 Å². The van der Waals surface area contributed by atoms with Crippen LogP contribution < -0.4 is 5.32 Å². The second-order valence-electron chi connectivity index (χ2n) is 13.4. The van der Waals surface area contributed by atoms with Crippen molar-refractivity contribution in [1.29, 1.82) is 0 Å². The van der Waals surface area contributed by atoms with Crippen LogP contribution in [0.5, 0.6) is 0 Å². The van der Waals surface area contributed by atoms with Gasteiger partial charge < -0.3 is 14.2 Å². The fourth-order valence-corrected chi connectivity index (χ4v) is 7.88. The Hall–Kier alpha value is -6.98. The van der Waals surface area contributed by atoms with E-state index in [-0.39, 0.29) is 0 Å². The summed E-state index contributed by atoms with van der Waals surface area (Å²) in [4.78, 5) is 10.8. The van der Waals surface area contributed by atoms with Gasteiger partial charge in [-0.25, -0.2) is 9.98 Å². The fourth-order valence-electron chi connectivity index (χ4n) is 7.88. The van der Waals surface area contributed by atoms with Crippen LogP contribution in [-0.4, -0.2) is 11.7 Å². The highest BCUT2D eigenvalue weighted by molar-refractivity contribution is 6.23. The van der Waals surface area contributed by atoms with Gasteiger partial charge in [-0.1, -0.05) is 121 Å². The molecule has 0 bridgehead atoms. The number of benzene rings is 8. The van der Waals surface area contributed by atoms with Gasteiger partial charge in [-0.15, -0.1) is 0 Å². The summed E-state index contributed by atoms with van der Waals surface area (Å²) in [6.45, 7) is 0. The van der Waals surface area contributed by atoms with Crippen molar-refractivity contribution in [3.63, 3.8) is 0 Å². The first kappa shape index (κ1) is 28.8. The van der Waals surface area contributed by atoms with Crippen molar-refractivity contribution < 1.29 is 8.83 Å². The number of nitrogens with one attached hydrogen (secondary N) is 1. The van der Waals surface area contributed by atoms with Crippen molar-refractivity contribution >= 4 is 77.1 Å². The van der Waals surface area contributed by atoms with Gasteiger partial charge in [-0.3, -0.25) is 0 Å². The highest BCUT2D eigenvalue weighted by Crippen LogP contribution is 2.40. The summed E-state index contributed by atoms with van der Waals surface area (Å²) in [6, 6.07) is 56.9. The van der Waals surface area contributed by atoms with Crippen LogP contribution in [0, 0.1) is 0 Å². The van der Waals surface area contributed by atoms with Gasteiger partial charge in [0.1, 0.15) is 34.3 Å². The molecule has 244 valence electrons. The van der Waals surface area contributed by atoms with E-state index in [1.165, 1.54) is 16.2 Å². The second-order valence-corrected chi connectivity index (χ2v) is 13.4. The number of nitrogens with zero attached hydrogens (tertiary/aromatic N) is 2. The molecule has 0 spiro atoms. The summed E-state index contributed by atoms with van der Waals surface area (Å²) in [5, 5.41) is 12.7. The van der Waals surface area contributed by atoms with Crippen molar-refractivity contribution in [3.8, 4) is 11.1 Å². The third-order valence-electron chi connectivity index (χ3n) is 10.3. The number of rotatable bonds is 4. The van der Waals surface area contributed by atoms with Crippen molar-refractivity contribution in [3.05, 3.63) is 180 Å². The van der Waals surface area contributed by atoms with Gasteiger partial charge in [0, 0.05) is 38.2 Å². The predicted octanol–water partition coefficient (Wildman–Crippen LogP) is 12.0. The molecule has 2 aromatic heterocycles. The highest BCUT2D eigenvalue weighted by Gasteiger charge is 2.26. The van der Waals surface area contributed by atoms with Gasteiger partial charge in [0.2, 0.25) is 0 Å². The van der Waals surface area contributed by atoms with E-state index >= 15 is 0 Å². The quantitative estimate of drug-likeness (QED) is 0.190. The fraction of sp³-hybridized carbons (Fsp3) is 0.0213. The number of hydrogen-bond donors (Lipinski definition) is 1. The van der Waals surface area contributed by atoms with Gasteiger partial charge in [-0.05, 0) is 75.1 Å². The predicted molar refractivity (Wildman–Crippen MR) is 213 cm³/mol. The molecule has 0 saturated carbocycles. The number of aliphatic imine (C=N–C) groups is 2. The molecule has 0 saturated heterocycles. The van der Waals surface area contributed by atoms with Crippen LogP contribution in [0.3, 0.4) is 0 Å². The number of fused-ring (bicyclic) bond motifs is 9. The van der Waals surface area contributed by atoms with Gasteiger partial charge in [-0.2, -0.15) is 0 Å². The molecule has 11 rings (SSSR count). The molecule has 5 heteroatoms. The number of para-hydroxylation sites is 2. The first-order valence-electron chi connectivity index (χ1n) is 17.5. The third kappa shape index (κ3) is 4.49. The Morgan fingerprint density at radius 2 is 1.10 bits per heavy atom. The number of amidine groups is 2. The average Bonchev–Trinajstić information content (AvgIpc) is 3.78. The monoisotopic (exact) mass is 667 g/mol. The molecule has 0 amide bonds. The molecule has 10 aromatic rings. The van der Waals surface area contributed by atoms with E-state index in [1.807, 2.05) is 42.5 Å². The zero-order chi connectivity index (χ0) is 34.2. The molecule has 3 heterocycles. The minimum absolute atomic E-state index is 0.400. The molecule has 1 unspecified atom stereocenters. The zero-order valence-corrected chi connectivity index (χ0v) is 27.9. The molecule has 1 atom stereocenters. The van der Waals surface area contributed by atoms with Crippen LogP contribution in [0.25, 0.3) is 76.5 Å². The van der Waals surface area contributed by atoms with Crippen molar-refractivity contribution in [2.45, 2.75) is 6.17 Å². The Morgan fingerprint density at radius 1 is 0.442 bits per heavy atom. The summed E-state index contributed by atoms with van der Waals surface area (Å²) in [5.41, 5.74) is 8.42. The Morgan fingerprint density at radius 3 is 1.94 bits per heavy atom. The first-order chi connectivity index (χ1) is 25.7. The Balaban J connectivity index is 1.18. The maximum atomic E-state index is 6.58. The summed E-state index contributed by atoms with van der Waals surface area (Å²) >= 11 is 0. The number of hydrogen-bond acceptors (Lipinski definition) is 5. The van der Waals surface area contributed by atoms with E-state index in [9.17, 15) is 0 Å². The van der Waals surface area contributed by atoms with Crippen LogP contribution >= 0.6 is 0 Å². The van der Waals surface area contributed by atoms with Crippen LogP contribution in [0.4, 0.5) is 0 Å². The van der Waals surface area contributed by atoms with Gasteiger partial charge in [0.15, 0.2) is 5.84 Å². The van der Waals surface area contributed by atoms with Gasteiger partial charge in [0.25, 0.3) is 0 Å². The average molecular weight is 668 g/mol. The first-order valence-corrected chi connectivity index (χ1v) is 17.5. The van der Waals surface area contributed by atoms with Crippen molar-refractivity contribution in [2.24, 2.45) is 9.98 Å². The summed E-state index contributed by atoms with van der Waals surface area (Å²) in [5.74, 6) is 1.42. The van der Waals surface area contributed by atoms with Crippen LogP contribution in [0.15, 0.2) is 183 Å². The molecule has 1 aliphatic heterocycles. The standard InChI is InChI=1S/C47H29N3O2/c1-2-12-28(13-3-1)45-48-46(38-25-30-14-4-5-15-32(30)33-16-6-7-17-34(33)38)50-47(49-45)39-26-31(27-43-44(39)36-19-9-11-21-41(36)52-43)29-22-23-42-37(24-29)35-18-8-10-20-40(35)51-42/h1-27,46H,(H,48,49,50). The maximum Gasteiger partial charge on any atom is 0.160 e. The minimum Gasteiger partial charge on any atom is -0.456 e. The molecule has 1 aliphatic rings. The van der Waals surface area contributed by atoms with E-state index in [0.29, 0.717) is 5.84 Å². The molecule has 8 aromatic carbocycles. The summed E-state index contributed by atoms with van der Waals surface area (Å²) < 4.78 is 12.8. The van der Waals surface area contributed by atoms with E-state index < -0.39 is 6.17 Å². The molecule has 0 aliphatic carbocycles. The molecule has 5 nitrogen and oxygen atoms in total. The largest absolute Gasteiger partial charge is 0.456 e. The maximum absolute atomic E-state index is 6.58. The van der Waals surface area contributed by atoms with E-state index in [0.717, 1.165) is 82.9 Å². The highest BCUT2D eigenvalue weighted by atomic mass is 16.3. The van der Waals surface area contributed by atoms with Gasteiger partial charge >= 0.3 is 0 Å². The van der Waals surface area contributed by atoms with Crippen LogP contribution in [-0.2, 0) is 0 Å². The minimum atomic E-state index is -0.400.